The molecule has 2 amide bonds. The van der Waals surface area contributed by atoms with Crippen LogP contribution in [0.4, 0.5) is 0 Å². The average Bonchev–Trinajstić information content (AvgIpc) is 2.11. The van der Waals surface area contributed by atoms with Crippen LogP contribution < -0.4 is 10.6 Å². The van der Waals surface area contributed by atoms with Gasteiger partial charge in [0.1, 0.15) is 0 Å². The monoisotopic (exact) mass is 184 g/mol. The normalized spacial score (nSPS) is 8.62. The molecule has 0 aromatic carbocycles. The second-order valence-corrected chi connectivity index (χ2v) is 2.20. The molecule has 0 aliphatic heterocycles. The van der Waals surface area contributed by atoms with E-state index in [9.17, 15) is 9.59 Å². The first-order valence-electron chi connectivity index (χ1n) is 3.64. The van der Waals surface area contributed by atoms with Gasteiger partial charge in [0.2, 0.25) is 5.91 Å². The maximum Gasteiger partial charge on any atom is 0.285 e. The van der Waals surface area contributed by atoms with Crippen LogP contribution in [0.1, 0.15) is 0 Å². The van der Waals surface area contributed by atoms with Gasteiger partial charge in [-0.25, -0.2) is 0 Å². The summed E-state index contributed by atoms with van der Waals surface area (Å²) in [5.41, 5.74) is 0. The zero-order chi connectivity index (χ0) is 10.3. The summed E-state index contributed by atoms with van der Waals surface area (Å²) >= 11 is 0. The molecule has 5 heteroatoms. The fourth-order valence-corrected chi connectivity index (χ4v) is 0.536. The second kappa shape index (κ2) is 5.82. The van der Waals surface area contributed by atoms with Crippen LogP contribution in [0.3, 0.4) is 0 Å². The first-order valence-corrected chi connectivity index (χ1v) is 3.64. The van der Waals surface area contributed by atoms with Gasteiger partial charge < -0.3 is 15.7 Å². The number of hydrogen-bond acceptors (Lipinski definition) is 3. The van der Waals surface area contributed by atoms with Gasteiger partial charge in [0.15, 0.2) is 5.76 Å². The standard InChI is InChI=1S/C8H12N2O3/c1-3-7(12)9-4-5-10-8(13)6(2)11/h3,11H,1-2,4-5H2,(H,9,12)(H,10,13). The molecule has 0 aliphatic rings. The van der Waals surface area contributed by atoms with E-state index in [1.54, 1.807) is 0 Å². The highest BCUT2D eigenvalue weighted by atomic mass is 16.3. The summed E-state index contributed by atoms with van der Waals surface area (Å²) in [7, 11) is 0. The Balaban J connectivity index is 3.46. The van der Waals surface area contributed by atoms with E-state index in [0.717, 1.165) is 6.08 Å². The first-order chi connectivity index (χ1) is 6.07. The van der Waals surface area contributed by atoms with Gasteiger partial charge in [0.05, 0.1) is 0 Å². The third-order valence-corrected chi connectivity index (χ3v) is 1.16. The Morgan fingerprint density at radius 3 is 2.31 bits per heavy atom. The summed E-state index contributed by atoms with van der Waals surface area (Å²) in [6, 6.07) is 0. The number of carbonyl (C=O) groups excluding carboxylic acids is 2. The highest BCUT2D eigenvalue weighted by Gasteiger charge is 2.02. The Hall–Kier alpha value is -1.78. The predicted octanol–water partition coefficient (Wildman–Crippen LogP) is -0.524. The van der Waals surface area contributed by atoms with Crippen LogP contribution >= 0.6 is 0 Å². The Bertz CT molecular complexity index is 236. The van der Waals surface area contributed by atoms with Gasteiger partial charge in [-0.05, 0) is 6.08 Å². The third kappa shape index (κ3) is 5.49. The number of nitrogens with one attached hydrogen (secondary N) is 2. The molecule has 0 radical (unpaired) electrons. The summed E-state index contributed by atoms with van der Waals surface area (Å²) < 4.78 is 0. The molecule has 0 rings (SSSR count). The molecular weight excluding hydrogens is 172 g/mol. The zero-order valence-corrected chi connectivity index (χ0v) is 7.17. The van der Waals surface area contributed by atoms with Crippen LogP contribution in [0.2, 0.25) is 0 Å². The summed E-state index contributed by atoms with van der Waals surface area (Å²) in [4.78, 5) is 21.2. The third-order valence-electron chi connectivity index (χ3n) is 1.16. The van der Waals surface area contributed by atoms with Crippen molar-refractivity contribution in [2.75, 3.05) is 13.1 Å². The number of amides is 2. The number of carbonyl (C=O) groups is 2. The summed E-state index contributed by atoms with van der Waals surface area (Å²) in [5, 5.41) is 13.3. The van der Waals surface area contributed by atoms with E-state index in [0.29, 0.717) is 0 Å². The van der Waals surface area contributed by atoms with Crippen LogP contribution in [0.25, 0.3) is 0 Å². The SMILES string of the molecule is C=CC(=O)NCCNC(=O)C(=C)O. The molecular formula is C8H12N2O3. The molecule has 0 aliphatic carbocycles. The highest BCUT2D eigenvalue weighted by molar-refractivity contribution is 5.90. The van der Waals surface area contributed by atoms with Crippen molar-refractivity contribution in [1.82, 2.24) is 10.6 Å². The quantitative estimate of drug-likeness (QED) is 0.305. The van der Waals surface area contributed by atoms with Gasteiger partial charge in [0, 0.05) is 13.1 Å². The number of aliphatic hydroxyl groups is 1. The van der Waals surface area contributed by atoms with Crippen molar-refractivity contribution in [3.8, 4) is 0 Å². The number of aliphatic hydroxyl groups excluding tert-OH is 1. The van der Waals surface area contributed by atoms with E-state index in [2.05, 4.69) is 23.8 Å². The van der Waals surface area contributed by atoms with E-state index >= 15 is 0 Å². The number of hydrogen-bond donors (Lipinski definition) is 3. The predicted molar refractivity (Wildman–Crippen MR) is 48.0 cm³/mol. The summed E-state index contributed by atoms with van der Waals surface area (Å²) in [6.07, 6.45) is 1.13. The summed E-state index contributed by atoms with van der Waals surface area (Å²) in [5.74, 6) is -1.50. The van der Waals surface area contributed by atoms with Gasteiger partial charge in [-0.1, -0.05) is 13.2 Å². The van der Waals surface area contributed by atoms with Gasteiger partial charge in [-0.2, -0.15) is 0 Å². The Morgan fingerprint density at radius 2 is 1.85 bits per heavy atom. The molecule has 0 atom stereocenters. The number of rotatable bonds is 5. The molecule has 0 saturated carbocycles. The maximum absolute atomic E-state index is 10.7. The maximum atomic E-state index is 10.7. The molecule has 72 valence electrons. The smallest absolute Gasteiger partial charge is 0.285 e. The lowest BCUT2D eigenvalue weighted by Crippen LogP contribution is -2.34. The van der Waals surface area contributed by atoms with Crippen molar-refractivity contribution < 1.29 is 14.7 Å². The van der Waals surface area contributed by atoms with E-state index in [4.69, 9.17) is 5.11 Å². The summed E-state index contributed by atoms with van der Waals surface area (Å²) in [6.45, 7) is 6.79. The van der Waals surface area contributed by atoms with Crippen molar-refractivity contribution in [1.29, 1.82) is 0 Å². The van der Waals surface area contributed by atoms with Crippen molar-refractivity contribution >= 4 is 11.8 Å². The lowest BCUT2D eigenvalue weighted by molar-refractivity contribution is -0.120. The molecule has 13 heavy (non-hydrogen) atoms. The van der Waals surface area contributed by atoms with Crippen molar-refractivity contribution in [2.24, 2.45) is 0 Å². The minimum atomic E-state index is -0.646. The van der Waals surface area contributed by atoms with Gasteiger partial charge in [-0.15, -0.1) is 0 Å². The van der Waals surface area contributed by atoms with E-state index in [1.807, 2.05) is 0 Å². The van der Waals surface area contributed by atoms with Crippen LogP contribution in [0.15, 0.2) is 25.0 Å². The minimum absolute atomic E-state index is 0.234. The van der Waals surface area contributed by atoms with Gasteiger partial charge >= 0.3 is 0 Å². The van der Waals surface area contributed by atoms with Gasteiger partial charge in [-0.3, -0.25) is 9.59 Å². The first kappa shape index (κ1) is 11.2. The largest absolute Gasteiger partial charge is 0.503 e. The fourth-order valence-electron chi connectivity index (χ4n) is 0.536. The van der Waals surface area contributed by atoms with Crippen LogP contribution in [0.5, 0.6) is 0 Å². The van der Waals surface area contributed by atoms with Crippen molar-refractivity contribution in [3.63, 3.8) is 0 Å². The molecule has 0 heterocycles. The minimum Gasteiger partial charge on any atom is -0.503 e. The fraction of sp³-hybridized carbons (Fsp3) is 0.250. The molecule has 0 saturated heterocycles. The molecule has 0 fully saturated rings. The molecule has 5 nitrogen and oxygen atoms in total. The van der Waals surface area contributed by atoms with Crippen LogP contribution in [-0.4, -0.2) is 30.0 Å². The molecule has 0 unspecified atom stereocenters. The van der Waals surface area contributed by atoms with Crippen LogP contribution in [-0.2, 0) is 9.59 Å². The average molecular weight is 184 g/mol. The Kier molecular flexibility index (Phi) is 5.02. The van der Waals surface area contributed by atoms with E-state index in [1.165, 1.54) is 0 Å². The van der Waals surface area contributed by atoms with Gasteiger partial charge in [0.25, 0.3) is 5.91 Å². The van der Waals surface area contributed by atoms with Crippen LogP contribution in [0, 0.1) is 0 Å². The van der Waals surface area contributed by atoms with E-state index < -0.39 is 11.7 Å². The molecule has 0 bridgehead atoms. The highest BCUT2D eigenvalue weighted by Crippen LogP contribution is 1.78. The van der Waals surface area contributed by atoms with Crippen molar-refractivity contribution in [3.05, 3.63) is 25.0 Å². The molecule has 3 N–H and O–H groups in total. The Labute approximate surface area is 76.1 Å². The molecule has 0 aromatic heterocycles. The topological polar surface area (TPSA) is 78.4 Å². The molecule has 0 aromatic rings. The molecule has 0 spiro atoms. The van der Waals surface area contributed by atoms with E-state index in [-0.39, 0.29) is 19.0 Å². The van der Waals surface area contributed by atoms with Crippen molar-refractivity contribution in [2.45, 2.75) is 0 Å². The Morgan fingerprint density at radius 1 is 1.31 bits per heavy atom. The lowest BCUT2D eigenvalue weighted by Gasteiger charge is -2.03. The lowest BCUT2D eigenvalue weighted by atomic mass is 10.5. The zero-order valence-electron chi connectivity index (χ0n) is 7.17. The second-order valence-electron chi connectivity index (χ2n) is 2.20.